The highest BCUT2D eigenvalue weighted by Gasteiger charge is 2.20. The van der Waals surface area contributed by atoms with E-state index in [-0.39, 0.29) is 24.3 Å². The summed E-state index contributed by atoms with van der Waals surface area (Å²) in [6.45, 7) is 0.517. The van der Waals surface area contributed by atoms with E-state index < -0.39 is 17.4 Å². The molecule has 0 aliphatic heterocycles. The van der Waals surface area contributed by atoms with Crippen LogP contribution in [0.3, 0.4) is 0 Å². The Labute approximate surface area is 206 Å². The minimum Gasteiger partial charge on any atom is -0.493 e. The third-order valence-electron chi connectivity index (χ3n) is 5.73. The van der Waals surface area contributed by atoms with E-state index in [1.165, 1.54) is 11.6 Å². The van der Waals surface area contributed by atoms with Crippen molar-refractivity contribution in [2.75, 3.05) is 32.7 Å². The average Bonchev–Trinajstić information content (AvgIpc) is 3.25. The highest BCUT2D eigenvalue weighted by Crippen LogP contribution is 2.27. The van der Waals surface area contributed by atoms with Crippen LogP contribution in [0.2, 0.25) is 0 Å². The summed E-state index contributed by atoms with van der Waals surface area (Å²) in [6, 6.07) is 14.8. The van der Waals surface area contributed by atoms with E-state index in [9.17, 15) is 14.7 Å². The lowest BCUT2D eigenvalue weighted by atomic mass is 10.1. The van der Waals surface area contributed by atoms with Crippen LogP contribution in [0, 0.1) is 0 Å². The molecular formula is C25H29N5O6. The predicted octanol–water partition coefficient (Wildman–Crippen LogP) is 1.54. The number of nitrogens with zero attached hydrogens (tertiary/aromatic N) is 3. The maximum atomic E-state index is 12.7. The van der Waals surface area contributed by atoms with Gasteiger partial charge < -0.3 is 29.2 Å². The molecule has 4 rings (SSSR count). The first-order valence-corrected chi connectivity index (χ1v) is 11.4. The lowest BCUT2D eigenvalue weighted by molar-refractivity contribution is 0.0938. The molecule has 0 radical (unpaired) electrons. The van der Waals surface area contributed by atoms with Gasteiger partial charge in [0.2, 0.25) is 5.95 Å². The summed E-state index contributed by atoms with van der Waals surface area (Å²) in [4.78, 5) is 31.6. The standard InChI is InChI=1S/C25H29N5O6/c1-29-22-21(23(32)28-25(29)33)30(14-17(31)15-36-18-7-5-4-6-8-18)24(27-22)26-12-11-16-9-10-19(34-2)20(13-16)35-3/h4-10,13,17,31H,11-12,14-15H2,1-3H3,(H,26,27)(H,28,32,33). The number of ether oxygens (including phenoxy) is 3. The quantitative estimate of drug-likeness (QED) is 0.285. The second-order valence-corrected chi connectivity index (χ2v) is 8.18. The van der Waals surface area contributed by atoms with Crippen molar-refractivity contribution in [3.63, 3.8) is 0 Å². The zero-order valence-corrected chi connectivity index (χ0v) is 20.4. The number of H-pyrrole nitrogens is 1. The zero-order valence-electron chi connectivity index (χ0n) is 20.4. The number of aromatic nitrogens is 4. The van der Waals surface area contributed by atoms with Gasteiger partial charge in [0, 0.05) is 13.6 Å². The van der Waals surface area contributed by atoms with Crippen LogP contribution in [-0.4, -0.2) is 57.7 Å². The second kappa shape index (κ2) is 11.0. The summed E-state index contributed by atoms with van der Waals surface area (Å²) in [6.07, 6.45) is -0.316. The average molecular weight is 496 g/mol. The number of rotatable bonds is 11. The lowest BCUT2D eigenvalue weighted by Crippen LogP contribution is -2.31. The van der Waals surface area contributed by atoms with Crippen LogP contribution in [-0.2, 0) is 20.0 Å². The van der Waals surface area contributed by atoms with E-state index in [2.05, 4.69) is 15.3 Å². The molecule has 0 spiro atoms. The van der Waals surface area contributed by atoms with Crippen LogP contribution in [0.15, 0.2) is 58.1 Å². The van der Waals surface area contributed by atoms with Gasteiger partial charge in [-0.2, -0.15) is 4.98 Å². The number of aliphatic hydroxyl groups excluding tert-OH is 1. The Balaban J connectivity index is 1.56. The van der Waals surface area contributed by atoms with Crippen molar-refractivity contribution in [2.45, 2.75) is 19.1 Å². The van der Waals surface area contributed by atoms with Crippen LogP contribution in [0.4, 0.5) is 5.95 Å². The molecule has 0 amide bonds. The fourth-order valence-electron chi connectivity index (χ4n) is 3.87. The molecule has 11 nitrogen and oxygen atoms in total. The molecule has 1 atom stereocenters. The van der Waals surface area contributed by atoms with E-state index in [0.29, 0.717) is 36.2 Å². The molecule has 190 valence electrons. The maximum absolute atomic E-state index is 12.7. The molecule has 1 unspecified atom stereocenters. The third-order valence-corrected chi connectivity index (χ3v) is 5.73. The number of benzene rings is 2. The molecule has 0 fully saturated rings. The van der Waals surface area contributed by atoms with Crippen molar-refractivity contribution >= 4 is 17.1 Å². The Kier molecular flexibility index (Phi) is 7.59. The smallest absolute Gasteiger partial charge is 0.329 e. The number of aromatic amines is 1. The number of hydrogen-bond acceptors (Lipinski definition) is 8. The summed E-state index contributed by atoms with van der Waals surface area (Å²) in [5, 5.41) is 13.9. The summed E-state index contributed by atoms with van der Waals surface area (Å²) in [7, 11) is 4.69. The minimum atomic E-state index is -0.939. The topological polar surface area (TPSA) is 133 Å². The van der Waals surface area contributed by atoms with Gasteiger partial charge in [-0.1, -0.05) is 24.3 Å². The van der Waals surface area contributed by atoms with Crippen LogP contribution in [0.5, 0.6) is 17.2 Å². The van der Waals surface area contributed by atoms with Gasteiger partial charge >= 0.3 is 5.69 Å². The Morgan fingerprint density at radius 3 is 2.56 bits per heavy atom. The molecule has 0 saturated carbocycles. The predicted molar refractivity (Wildman–Crippen MR) is 135 cm³/mol. The van der Waals surface area contributed by atoms with Gasteiger partial charge in [0.15, 0.2) is 22.7 Å². The summed E-state index contributed by atoms with van der Waals surface area (Å²) >= 11 is 0. The number of fused-ring (bicyclic) bond motifs is 1. The van der Waals surface area contributed by atoms with E-state index in [1.807, 2.05) is 36.4 Å². The molecule has 0 saturated heterocycles. The molecule has 4 aromatic rings. The fourth-order valence-corrected chi connectivity index (χ4v) is 3.87. The first kappa shape index (κ1) is 24.9. The molecule has 2 aromatic carbocycles. The Morgan fingerprint density at radius 1 is 1.08 bits per heavy atom. The number of anilines is 1. The molecule has 36 heavy (non-hydrogen) atoms. The van der Waals surface area contributed by atoms with Crippen molar-refractivity contribution in [1.82, 2.24) is 19.1 Å². The van der Waals surface area contributed by atoms with E-state index in [4.69, 9.17) is 14.2 Å². The second-order valence-electron chi connectivity index (χ2n) is 8.18. The maximum Gasteiger partial charge on any atom is 0.329 e. The molecule has 0 bridgehead atoms. The lowest BCUT2D eigenvalue weighted by Gasteiger charge is -2.16. The van der Waals surface area contributed by atoms with Gasteiger partial charge in [-0.3, -0.25) is 14.3 Å². The van der Waals surface area contributed by atoms with Crippen molar-refractivity contribution in [3.05, 3.63) is 74.9 Å². The van der Waals surface area contributed by atoms with Crippen molar-refractivity contribution in [3.8, 4) is 17.2 Å². The summed E-state index contributed by atoms with van der Waals surface area (Å²) < 4.78 is 19.1. The largest absolute Gasteiger partial charge is 0.493 e. The number of aliphatic hydroxyl groups is 1. The van der Waals surface area contributed by atoms with Crippen LogP contribution < -0.4 is 30.8 Å². The minimum absolute atomic E-state index is 0.0123. The van der Waals surface area contributed by atoms with Gasteiger partial charge in [0.1, 0.15) is 18.5 Å². The van der Waals surface area contributed by atoms with E-state index in [0.717, 1.165) is 5.56 Å². The first-order valence-electron chi connectivity index (χ1n) is 11.4. The fraction of sp³-hybridized carbons (Fsp3) is 0.320. The van der Waals surface area contributed by atoms with Crippen molar-refractivity contribution in [2.24, 2.45) is 7.05 Å². The van der Waals surface area contributed by atoms with Gasteiger partial charge in [-0.05, 0) is 36.2 Å². The van der Waals surface area contributed by atoms with Gasteiger partial charge in [0.25, 0.3) is 5.56 Å². The van der Waals surface area contributed by atoms with Crippen LogP contribution >= 0.6 is 0 Å². The first-order chi connectivity index (χ1) is 17.4. The van der Waals surface area contributed by atoms with Crippen molar-refractivity contribution < 1.29 is 19.3 Å². The molecule has 0 aliphatic rings. The highest BCUT2D eigenvalue weighted by molar-refractivity contribution is 5.74. The summed E-state index contributed by atoms with van der Waals surface area (Å²) in [5.41, 5.74) is 0.258. The molecular weight excluding hydrogens is 466 g/mol. The monoisotopic (exact) mass is 495 g/mol. The van der Waals surface area contributed by atoms with E-state index in [1.54, 1.807) is 30.9 Å². The number of aryl methyl sites for hydroxylation is 1. The Hall–Kier alpha value is -4.25. The third kappa shape index (κ3) is 5.36. The highest BCUT2D eigenvalue weighted by atomic mass is 16.5. The van der Waals surface area contributed by atoms with Gasteiger partial charge in [-0.25, -0.2) is 4.79 Å². The van der Waals surface area contributed by atoms with Crippen LogP contribution in [0.25, 0.3) is 11.2 Å². The molecule has 3 N–H and O–H groups in total. The molecule has 2 aromatic heterocycles. The zero-order chi connectivity index (χ0) is 25.7. The SMILES string of the molecule is COc1ccc(CCNc2nc3c(c(=O)[nH]c(=O)n3C)n2CC(O)COc2ccccc2)cc1OC. The van der Waals surface area contributed by atoms with Gasteiger partial charge in [0.05, 0.1) is 20.8 Å². The van der Waals surface area contributed by atoms with Crippen molar-refractivity contribution in [1.29, 1.82) is 0 Å². The normalized spacial score (nSPS) is 11.9. The Bertz CT molecular complexity index is 1440. The molecule has 0 aliphatic carbocycles. The Morgan fingerprint density at radius 2 is 1.83 bits per heavy atom. The molecule has 11 heteroatoms. The number of hydrogen-bond donors (Lipinski definition) is 3. The number of para-hydroxylation sites is 1. The van der Waals surface area contributed by atoms with Gasteiger partial charge in [-0.15, -0.1) is 0 Å². The summed E-state index contributed by atoms with van der Waals surface area (Å²) in [5.74, 6) is 2.25. The molecule has 2 heterocycles. The number of imidazole rings is 1. The number of methoxy groups -OCH3 is 2. The number of nitrogens with one attached hydrogen (secondary N) is 2. The van der Waals surface area contributed by atoms with E-state index >= 15 is 0 Å². The van der Waals surface area contributed by atoms with Crippen LogP contribution in [0.1, 0.15) is 5.56 Å².